The summed E-state index contributed by atoms with van der Waals surface area (Å²) in [5.74, 6) is 6.77. The van der Waals surface area contributed by atoms with E-state index in [1.54, 1.807) is 0 Å². The first-order chi connectivity index (χ1) is 6.83. The number of anilines is 1. The van der Waals surface area contributed by atoms with Crippen molar-refractivity contribution in [2.75, 3.05) is 5.43 Å². The second-order valence-electron chi connectivity index (χ2n) is 3.86. The van der Waals surface area contributed by atoms with E-state index in [-0.39, 0.29) is 0 Å². The van der Waals surface area contributed by atoms with E-state index < -0.39 is 0 Å². The molecule has 1 aromatic heterocycles. The quantitative estimate of drug-likeness (QED) is 0.547. The number of fused-ring (bicyclic) bond motifs is 1. The predicted octanol–water partition coefficient (Wildman–Crippen LogP) is 1.28. The van der Waals surface area contributed by atoms with Crippen LogP contribution in [0.1, 0.15) is 31.0 Å². The number of nitrogens with one attached hydrogen (secondary N) is 1. The van der Waals surface area contributed by atoms with Crippen LogP contribution in [0.3, 0.4) is 0 Å². The number of nitrogens with two attached hydrogens (primary N) is 1. The summed E-state index contributed by atoms with van der Waals surface area (Å²) in [7, 11) is 0. The number of rotatable bonds is 2. The van der Waals surface area contributed by atoms with E-state index in [9.17, 15) is 0 Å². The molecule has 0 aliphatic heterocycles. The molecule has 0 spiro atoms. The second kappa shape index (κ2) is 3.92. The minimum absolute atomic E-state index is 0.667. The van der Waals surface area contributed by atoms with E-state index in [0.717, 1.165) is 24.5 Å². The maximum atomic E-state index is 5.30. The summed E-state index contributed by atoms with van der Waals surface area (Å²) in [4.78, 5) is 0. The van der Waals surface area contributed by atoms with Crippen molar-refractivity contribution in [1.29, 1.82) is 0 Å². The van der Waals surface area contributed by atoms with Gasteiger partial charge in [0.05, 0.1) is 5.69 Å². The predicted molar refractivity (Wildman–Crippen MR) is 55.6 cm³/mol. The largest absolute Gasteiger partial charge is 0.307 e. The van der Waals surface area contributed by atoms with Crippen LogP contribution in [0, 0.1) is 5.92 Å². The van der Waals surface area contributed by atoms with Crippen molar-refractivity contribution < 1.29 is 0 Å². The Balaban J connectivity index is 2.25. The molecule has 0 bridgehead atoms. The molecule has 1 atom stereocenters. The summed E-state index contributed by atoms with van der Waals surface area (Å²) in [5.41, 5.74) is 4.99. The fourth-order valence-electron chi connectivity index (χ4n) is 2.02. The third kappa shape index (κ3) is 1.70. The summed E-state index contributed by atoms with van der Waals surface area (Å²) in [6.07, 6.45) is 4.67. The molecule has 1 aliphatic rings. The lowest BCUT2D eigenvalue weighted by molar-refractivity contribution is 0.437. The lowest BCUT2D eigenvalue weighted by Gasteiger charge is -2.22. The van der Waals surface area contributed by atoms with Gasteiger partial charge in [0.1, 0.15) is 0 Å². The molecule has 0 saturated carbocycles. The van der Waals surface area contributed by atoms with E-state index in [1.165, 1.54) is 18.4 Å². The molecule has 14 heavy (non-hydrogen) atoms. The maximum Gasteiger partial charge on any atom is 0.162 e. The van der Waals surface area contributed by atoms with Crippen molar-refractivity contribution in [1.82, 2.24) is 10.2 Å². The molecule has 2 rings (SSSR count). The molecular formula is C10H16N4. The van der Waals surface area contributed by atoms with E-state index >= 15 is 0 Å². The molecular weight excluding hydrogens is 176 g/mol. The van der Waals surface area contributed by atoms with Gasteiger partial charge in [-0.25, -0.2) is 5.84 Å². The number of nitrogens with zero attached hydrogens (tertiary/aromatic N) is 2. The Morgan fingerprint density at radius 2 is 2.43 bits per heavy atom. The summed E-state index contributed by atoms with van der Waals surface area (Å²) in [6.45, 7) is 2.24. The number of hydrogen-bond acceptors (Lipinski definition) is 4. The van der Waals surface area contributed by atoms with E-state index in [1.807, 2.05) is 6.07 Å². The summed E-state index contributed by atoms with van der Waals surface area (Å²) in [6, 6.07) is 2.02. The first-order valence-electron chi connectivity index (χ1n) is 5.15. The van der Waals surface area contributed by atoms with Crippen LogP contribution in [-0.4, -0.2) is 10.2 Å². The Labute approximate surface area is 83.9 Å². The minimum atomic E-state index is 0.667. The number of aryl methyl sites for hydroxylation is 1. The highest BCUT2D eigenvalue weighted by atomic mass is 15.3. The number of hydrogen-bond donors (Lipinski definition) is 2. The Bertz CT molecular complexity index is 324. The zero-order valence-electron chi connectivity index (χ0n) is 8.45. The molecule has 1 unspecified atom stereocenters. The van der Waals surface area contributed by atoms with E-state index in [4.69, 9.17) is 5.84 Å². The topological polar surface area (TPSA) is 63.8 Å². The van der Waals surface area contributed by atoms with Crippen LogP contribution in [-0.2, 0) is 12.8 Å². The SMILES string of the molecule is CCC1CCc2nnc(NN)cc2C1. The molecule has 0 saturated heterocycles. The van der Waals surface area contributed by atoms with Gasteiger partial charge in [-0.2, -0.15) is 5.10 Å². The van der Waals surface area contributed by atoms with Crippen LogP contribution < -0.4 is 11.3 Å². The minimum Gasteiger partial charge on any atom is -0.307 e. The van der Waals surface area contributed by atoms with Crippen LogP contribution in [0.2, 0.25) is 0 Å². The summed E-state index contributed by atoms with van der Waals surface area (Å²) >= 11 is 0. The molecule has 0 fully saturated rings. The maximum absolute atomic E-state index is 5.30. The van der Waals surface area contributed by atoms with Crippen LogP contribution >= 0.6 is 0 Å². The van der Waals surface area contributed by atoms with Gasteiger partial charge in [-0.3, -0.25) is 0 Å². The monoisotopic (exact) mass is 192 g/mol. The molecule has 1 heterocycles. The first-order valence-corrected chi connectivity index (χ1v) is 5.15. The zero-order valence-corrected chi connectivity index (χ0v) is 8.45. The second-order valence-corrected chi connectivity index (χ2v) is 3.86. The Morgan fingerprint density at radius 1 is 1.57 bits per heavy atom. The zero-order chi connectivity index (χ0) is 9.97. The Hall–Kier alpha value is -1.16. The average molecular weight is 192 g/mol. The fraction of sp³-hybridized carbons (Fsp3) is 0.600. The van der Waals surface area contributed by atoms with E-state index in [0.29, 0.717) is 5.82 Å². The molecule has 76 valence electrons. The normalized spacial score (nSPS) is 20.3. The molecule has 0 aromatic carbocycles. The lowest BCUT2D eigenvalue weighted by atomic mass is 9.85. The van der Waals surface area contributed by atoms with Gasteiger partial charge in [0.15, 0.2) is 5.82 Å². The Kier molecular flexibility index (Phi) is 2.63. The first kappa shape index (κ1) is 9.40. The fourth-order valence-corrected chi connectivity index (χ4v) is 2.02. The number of hydrazine groups is 1. The van der Waals surface area contributed by atoms with Gasteiger partial charge >= 0.3 is 0 Å². The number of nitrogen functional groups attached to an aromatic ring is 1. The van der Waals surface area contributed by atoms with Crippen molar-refractivity contribution in [2.45, 2.75) is 32.6 Å². The van der Waals surface area contributed by atoms with Crippen molar-refractivity contribution in [3.05, 3.63) is 17.3 Å². The molecule has 0 radical (unpaired) electrons. The van der Waals surface area contributed by atoms with Gasteiger partial charge in [-0.1, -0.05) is 13.3 Å². The summed E-state index contributed by atoms with van der Waals surface area (Å²) in [5, 5.41) is 8.14. The number of aromatic nitrogens is 2. The smallest absolute Gasteiger partial charge is 0.162 e. The standard InChI is InChI=1S/C10H16N4/c1-2-7-3-4-9-8(5-7)6-10(12-11)14-13-9/h6-7H,2-5,11H2,1H3,(H,12,14). The van der Waals surface area contributed by atoms with Crippen molar-refractivity contribution >= 4 is 5.82 Å². The van der Waals surface area contributed by atoms with Crippen LogP contribution in [0.4, 0.5) is 5.82 Å². The highest BCUT2D eigenvalue weighted by Gasteiger charge is 2.18. The van der Waals surface area contributed by atoms with Crippen molar-refractivity contribution in [3.63, 3.8) is 0 Å². The van der Waals surface area contributed by atoms with Crippen LogP contribution in [0.15, 0.2) is 6.07 Å². The Morgan fingerprint density at radius 3 is 3.14 bits per heavy atom. The lowest BCUT2D eigenvalue weighted by Crippen LogP contribution is -2.17. The molecule has 1 aromatic rings. The molecule has 0 amide bonds. The third-order valence-electron chi connectivity index (χ3n) is 2.98. The van der Waals surface area contributed by atoms with Crippen molar-refractivity contribution in [3.8, 4) is 0 Å². The third-order valence-corrected chi connectivity index (χ3v) is 2.98. The van der Waals surface area contributed by atoms with Crippen LogP contribution in [0.5, 0.6) is 0 Å². The van der Waals surface area contributed by atoms with Gasteiger partial charge in [-0.05, 0) is 36.8 Å². The molecule has 1 aliphatic carbocycles. The van der Waals surface area contributed by atoms with Gasteiger partial charge < -0.3 is 5.43 Å². The molecule has 3 N–H and O–H groups in total. The summed E-state index contributed by atoms with van der Waals surface area (Å²) < 4.78 is 0. The highest BCUT2D eigenvalue weighted by Crippen LogP contribution is 2.26. The van der Waals surface area contributed by atoms with Crippen molar-refractivity contribution in [2.24, 2.45) is 11.8 Å². The average Bonchev–Trinajstić information content (AvgIpc) is 2.27. The van der Waals surface area contributed by atoms with Crippen LogP contribution in [0.25, 0.3) is 0 Å². The van der Waals surface area contributed by atoms with Gasteiger partial charge in [0.2, 0.25) is 0 Å². The molecule has 4 nitrogen and oxygen atoms in total. The molecule has 4 heteroatoms. The van der Waals surface area contributed by atoms with Gasteiger partial charge in [0, 0.05) is 0 Å². The van der Waals surface area contributed by atoms with E-state index in [2.05, 4.69) is 22.5 Å². The van der Waals surface area contributed by atoms with Gasteiger partial charge in [0.25, 0.3) is 0 Å². The van der Waals surface area contributed by atoms with Gasteiger partial charge in [-0.15, -0.1) is 5.10 Å². The highest BCUT2D eigenvalue weighted by molar-refractivity contribution is 5.37.